The first-order valence-corrected chi connectivity index (χ1v) is 6.41. The Labute approximate surface area is 114 Å². The van der Waals surface area contributed by atoms with Gasteiger partial charge in [0.15, 0.2) is 0 Å². The van der Waals surface area contributed by atoms with E-state index >= 15 is 0 Å². The van der Waals surface area contributed by atoms with Gasteiger partial charge < -0.3 is 0 Å². The SMILES string of the molecule is N#Cc1ccnc(-c2cnc(-c3cccnc3)s2)c1. The molecule has 0 N–H and O–H groups in total. The van der Waals surface area contributed by atoms with Crippen LogP contribution in [0.3, 0.4) is 0 Å². The molecule has 0 fully saturated rings. The second-order valence-electron chi connectivity index (χ2n) is 3.81. The molecule has 0 aromatic carbocycles. The minimum Gasteiger partial charge on any atom is -0.264 e. The molecule has 90 valence electrons. The molecule has 0 atom stereocenters. The molecule has 0 spiro atoms. The van der Waals surface area contributed by atoms with Gasteiger partial charge in [0.25, 0.3) is 0 Å². The Morgan fingerprint density at radius 2 is 2.05 bits per heavy atom. The van der Waals surface area contributed by atoms with Crippen molar-refractivity contribution in [1.82, 2.24) is 15.0 Å². The molecule has 0 aliphatic rings. The molecule has 0 amide bonds. The first-order chi connectivity index (χ1) is 9.36. The summed E-state index contributed by atoms with van der Waals surface area (Å²) in [5.74, 6) is 0. The zero-order valence-corrected chi connectivity index (χ0v) is 10.6. The van der Waals surface area contributed by atoms with Gasteiger partial charge in [-0.05, 0) is 24.3 Å². The Morgan fingerprint density at radius 3 is 2.84 bits per heavy atom. The van der Waals surface area contributed by atoms with Crippen LogP contribution < -0.4 is 0 Å². The van der Waals surface area contributed by atoms with Crippen LogP contribution in [0.25, 0.3) is 21.1 Å². The molecule has 4 nitrogen and oxygen atoms in total. The van der Waals surface area contributed by atoms with Crippen LogP contribution in [0.2, 0.25) is 0 Å². The van der Waals surface area contributed by atoms with Crippen molar-refractivity contribution < 1.29 is 0 Å². The molecule has 0 aliphatic carbocycles. The summed E-state index contributed by atoms with van der Waals surface area (Å²) >= 11 is 1.54. The average molecular weight is 264 g/mol. The van der Waals surface area contributed by atoms with Crippen molar-refractivity contribution >= 4 is 11.3 Å². The first-order valence-electron chi connectivity index (χ1n) is 5.59. The van der Waals surface area contributed by atoms with Crippen molar-refractivity contribution in [1.29, 1.82) is 5.26 Å². The zero-order valence-electron chi connectivity index (χ0n) is 9.82. The maximum absolute atomic E-state index is 8.89. The van der Waals surface area contributed by atoms with Gasteiger partial charge >= 0.3 is 0 Å². The fourth-order valence-corrected chi connectivity index (χ4v) is 2.52. The third kappa shape index (κ3) is 2.34. The van der Waals surface area contributed by atoms with Crippen LogP contribution in [0.5, 0.6) is 0 Å². The Morgan fingerprint density at radius 1 is 1.11 bits per heavy atom. The Hall–Kier alpha value is -2.58. The molecular weight excluding hydrogens is 256 g/mol. The van der Waals surface area contributed by atoms with E-state index in [1.165, 1.54) is 11.3 Å². The monoisotopic (exact) mass is 264 g/mol. The van der Waals surface area contributed by atoms with E-state index in [-0.39, 0.29) is 0 Å². The van der Waals surface area contributed by atoms with Crippen LogP contribution in [0.15, 0.2) is 49.1 Å². The standard InChI is InChI=1S/C14H8N4S/c15-7-10-3-5-17-12(6-10)13-9-18-14(19-13)11-2-1-4-16-8-11/h1-6,8-9H. The highest BCUT2D eigenvalue weighted by atomic mass is 32.1. The lowest BCUT2D eigenvalue weighted by Gasteiger charge is -1.95. The number of thiazole rings is 1. The lowest BCUT2D eigenvalue weighted by atomic mass is 10.2. The molecule has 3 heterocycles. The molecular formula is C14H8N4S. The lowest BCUT2D eigenvalue weighted by molar-refractivity contribution is 1.30. The van der Waals surface area contributed by atoms with Crippen LogP contribution >= 0.6 is 11.3 Å². The summed E-state index contributed by atoms with van der Waals surface area (Å²) in [7, 11) is 0. The predicted molar refractivity (Wildman–Crippen MR) is 73.3 cm³/mol. The quantitative estimate of drug-likeness (QED) is 0.713. The first kappa shape index (κ1) is 11.5. The van der Waals surface area contributed by atoms with Gasteiger partial charge in [0.2, 0.25) is 0 Å². The average Bonchev–Trinajstić information content (AvgIpc) is 2.98. The highest BCUT2D eigenvalue weighted by Crippen LogP contribution is 2.30. The third-order valence-electron chi connectivity index (χ3n) is 2.56. The van der Waals surface area contributed by atoms with E-state index < -0.39 is 0 Å². The maximum atomic E-state index is 8.89. The summed E-state index contributed by atoms with van der Waals surface area (Å²) in [4.78, 5) is 13.7. The summed E-state index contributed by atoms with van der Waals surface area (Å²) in [6.45, 7) is 0. The number of pyridine rings is 2. The second kappa shape index (κ2) is 4.96. The van der Waals surface area contributed by atoms with Crippen molar-refractivity contribution in [2.24, 2.45) is 0 Å². The molecule has 3 aromatic rings. The van der Waals surface area contributed by atoms with E-state index in [4.69, 9.17) is 5.26 Å². The van der Waals surface area contributed by atoms with Gasteiger partial charge in [-0.25, -0.2) is 4.98 Å². The van der Waals surface area contributed by atoms with E-state index in [1.807, 2.05) is 12.1 Å². The van der Waals surface area contributed by atoms with Gasteiger partial charge in [-0.3, -0.25) is 9.97 Å². The molecule has 0 saturated heterocycles. The fraction of sp³-hybridized carbons (Fsp3) is 0. The van der Waals surface area contributed by atoms with Crippen molar-refractivity contribution in [3.8, 4) is 27.2 Å². The highest BCUT2D eigenvalue weighted by molar-refractivity contribution is 7.18. The Bertz CT molecular complexity index is 743. The van der Waals surface area contributed by atoms with Gasteiger partial charge in [0, 0.05) is 30.4 Å². The normalized spacial score (nSPS) is 10.1. The van der Waals surface area contributed by atoms with Gasteiger partial charge in [0.05, 0.1) is 22.2 Å². The van der Waals surface area contributed by atoms with Gasteiger partial charge in [-0.2, -0.15) is 5.26 Å². The maximum Gasteiger partial charge on any atom is 0.125 e. The van der Waals surface area contributed by atoms with Crippen LogP contribution in [-0.4, -0.2) is 15.0 Å². The van der Waals surface area contributed by atoms with Gasteiger partial charge in [-0.1, -0.05) is 0 Å². The molecule has 0 bridgehead atoms. The summed E-state index contributed by atoms with van der Waals surface area (Å²) < 4.78 is 0. The van der Waals surface area contributed by atoms with Crippen molar-refractivity contribution in [3.05, 3.63) is 54.6 Å². The summed E-state index contributed by atoms with van der Waals surface area (Å²) in [6, 6.07) is 9.41. The smallest absolute Gasteiger partial charge is 0.125 e. The van der Waals surface area contributed by atoms with Crippen molar-refractivity contribution in [2.45, 2.75) is 0 Å². The van der Waals surface area contributed by atoms with Crippen LogP contribution in [-0.2, 0) is 0 Å². The van der Waals surface area contributed by atoms with E-state index in [9.17, 15) is 0 Å². The molecule has 0 saturated carbocycles. The second-order valence-corrected chi connectivity index (χ2v) is 4.84. The number of hydrogen-bond acceptors (Lipinski definition) is 5. The Kier molecular flexibility index (Phi) is 3.01. The zero-order chi connectivity index (χ0) is 13.1. The van der Waals surface area contributed by atoms with E-state index in [2.05, 4.69) is 21.0 Å². The molecule has 0 radical (unpaired) electrons. The summed E-state index contributed by atoms with van der Waals surface area (Å²) in [5.41, 5.74) is 2.35. The number of hydrogen-bond donors (Lipinski definition) is 0. The topological polar surface area (TPSA) is 62.5 Å². The third-order valence-corrected chi connectivity index (χ3v) is 3.62. The van der Waals surface area contributed by atoms with E-state index in [0.29, 0.717) is 5.56 Å². The molecule has 19 heavy (non-hydrogen) atoms. The lowest BCUT2D eigenvalue weighted by Crippen LogP contribution is -1.81. The largest absolute Gasteiger partial charge is 0.264 e. The van der Waals surface area contributed by atoms with Crippen molar-refractivity contribution in [3.63, 3.8) is 0 Å². The number of rotatable bonds is 2. The molecule has 0 unspecified atom stereocenters. The number of nitrogens with zero attached hydrogens (tertiary/aromatic N) is 4. The molecule has 0 aliphatic heterocycles. The predicted octanol–water partition coefficient (Wildman–Crippen LogP) is 3.14. The van der Waals surface area contributed by atoms with Crippen LogP contribution in [0.4, 0.5) is 0 Å². The van der Waals surface area contributed by atoms with Crippen LogP contribution in [0.1, 0.15) is 5.56 Å². The van der Waals surface area contributed by atoms with Gasteiger partial charge in [-0.15, -0.1) is 11.3 Å². The van der Waals surface area contributed by atoms with E-state index in [1.54, 1.807) is 36.9 Å². The fourth-order valence-electron chi connectivity index (χ4n) is 1.65. The highest BCUT2D eigenvalue weighted by Gasteiger charge is 2.08. The van der Waals surface area contributed by atoms with Gasteiger partial charge in [0.1, 0.15) is 5.01 Å². The van der Waals surface area contributed by atoms with Crippen LogP contribution in [0, 0.1) is 11.3 Å². The van der Waals surface area contributed by atoms with E-state index in [0.717, 1.165) is 21.1 Å². The molecule has 3 rings (SSSR count). The summed E-state index contributed by atoms with van der Waals surface area (Å²) in [5, 5.41) is 9.79. The Balaban J connectivity index is 2.00. The number of nitriles is 1. The number of aromatic nitrogens is 3. The molecule has 3 aromatic heterocycles. The minimum absolute atomic E-state index is 0.598. The molecule has 5 heteroatoms. The van der Waals surface area contributed by atoms with Crippen molar-refractivity contribution in [2.75, 3.05) is 0 Å². The minimum atomic E-state index is 0.598. The summed E-state index contributed by atoms with van der Waals surface area (Å²) in [6.07, 6.45) is 6.92.